The molecule has 3 aromatic rings. The van der Waals surface area contributed by atoms with E-state index >= 15 is 0 Å². The summed E-state index contributed by atoms with van der Waals surface area (Å²) in [5, 5.41) is 4.14. The van der Waals surface area contributed by atoms with Gasteiger partial charge in [-0.3, -0.25) is 9.78 Å². The molecule has 1 aliphatic heterocycles. The molecule has 3 aromatic heterocycles. The van der Waals surface area contributed by atoms with Crippen molar-refractivity contribution in [1.29, 1.82) is 0 Å². The summed E-state index contributed by atoms with van der Waals surface area (Å²) in [7, 11) is 0. The second-order valence-corrected chi connectivity index (χ2v) is 7.92. The maximum Gasteiger partial charge on any atom is 0.225 e. The fraction of sp³-hybridized carbons (Fsp3) is 0.400. The van der Waals surface area contributed by atoms with Crippen molar-refractivity contribution in [3.8, 4) is 0 Å². The van der Waals surface area contributed by atoms with E-state index in [1.807, 2.05) is 18.2 Å². The van der Waals surface area contributed by atoms with Crippen LogP contribution in [0.2, 0.25) is 0 Å². The molecule has 1 aliphatic rings. The molecule has 0 aromatic carbocycles. The largest absolute Gasteiger partial charge is 0.355 e. The van der Waals surface area contributed by atoms with E-state index < -0.39 is 0 Å². The van der Waals surface area contributed by atoms with Gasteiger partial charge in [-0.15, -0.1) is 11.3 Å². The third-order valence-electron chi connectivity index (χ3n) is 4.97. The Morgan fingerprint density at radius 1 is 1.33 bits per heavy atom. The average molecular weight is 382 g/mol. The molecule has 140 valence electrons. The van der Waals surface area contributed by atoms with Gasteiger partial charge in [-0.05, 0) is 37.5 Å². The molecule has 1 amide bonds. The van der Waals surface area contributed by atoms with Crippen LogP contribution in [0.5, 0.6) is 0 Å². The zero-order chi connectivity index (χ0) is 18.6. The molecule has 4 rings (SSSR count). The van der Waals surface area contributed by atoms with Crippen LogP contribution < -0.4 is 10.2 Å². The van der Waals surface area contributed by atoms with Crippen LogP contribution in [0, 0.1) is 5.92 Å². The molecule has 7 heteroatoms. The molecule has 6 nitrogen and oxygen atoms in total. The summed E-state index contributed by atoms with van der Waals surface area (Å²) >= 11 is 1.72. The lowest BCUT2D eigenvalue weighted by Crippen LogP contribution is -2.43. The van der Waals surface area contributed by atoms with Crippen molar-refractivity contribution in [3.63, 3.8) is 0 Å². The van der Waals surface area contributed by atoms with Gasteiger partial charge in [-0.2, -0.15) is 0 Å². The topological polar surface area (TPSA) is 71.0 Å². The number of pyridine rings is 1. The third-order valence-corrected chi connectivity index (χ3v) is 6.16. The lowest BCUT2D eigenvalue weighted by molar-refractivity contribution is -0.125. The highest BCUT2D eigenvalue weighted by atomic mass is 32.1. The lowest BCUT2D eigenvalue weighted by atomic mass is 9.97. The number of fused-ring (bicyclic) bond motifs is 1. The first-order chi connectivity index (χ1) is 13.2. The van der Waals surface area contributed by atoms with E-state index in [0.29, 0.717) is 13.1 Å². The van der Waals surface area contributed by atoms with Crippen molar-refractivity contribution in [2.24, 2.45) is 5.92 Å². The highest BCUT2D eigenvalue weighted by Gasteiger charge is 2.27. The summed E-state index contributed by atoms with van der Waals surface area (Å²) in [6.45, 7) is 4.24. The van der Waals surface area contributed by atoms with Crippen LogP contribution in [-0.2, 0) is 17.8 Å². The molecule has 4 heterocycles. The third kappa shape index (κ3) is 3.93. The Labute approximate surface area is 162 Å². The quantitative estimate of drug-likeness (QED) is 0.735. The van der Waals surface area contributed by atoms with Gasteiger partial charge in [0.15, 0.2) is 0 Å². The first-order valence-corrected chi connectivity index (χ1v) is 10.2. The van der Waals surface area contributed by atoms with Gasteiger partial charge in [0.1, 0.15) is 17.0 Å². The Morgan fingerprint density at radius 2 is 2.26 bits per heavy atom. The molecule has 0 spiro atoms. The van der Waals surface area contributed by atoms with Crippen molar-refractivity contribution >= 4 is 33.3 Å². The van der Waals surface area contributed by atoms with Crippen LogP contribution in [0.1, 0.15) is 30.3 Å². The molecular formula is C20H23N5OS. The van der Waals surface area contributed by atoms with E-state index in [1.165, 1.54) is 4.88 Å². The molecule has 0 bridgehead atoms. The summed E-state index contributed by atoms with van der Waals surface area (Å²) in [5.41, 5.74) is 0.876. The Morgan fingerprint density at radius 3 is 3.07 bits per heavy atom. The van der Waals surface area contributed by atoms with E-state index in [1.54, 1.807) is 23.9 Å². The van der Waals surface area contributed by atoms with E-state index in [0.717, 1.165) is 47.5 Å². The number of carbonyl (C=O) groups is 1. The van der Waals surface area contributed by atoms with Crippen LogP contribution in [-0.4, -0.2) is 33.9 Å². The zero-order valence-electron chi connectivity index (χ0n) is 15.4. The fourth-order valence-electron chi connectivity index (χ4n) is 3.53. The molecule has 1 unspecified atom stereocenters. The summed E-state index contributed by atoms with van der Waals surface area (Å²) in [4.78, 5) is 30.5. The minimum atomic E-state index is -0.0308. The number of rotatable bonds is 5. The van der Waals surface area contributed by atoms with Crippen molar-refractivity contribution in [1.82, 2.24) is 20.3 Å². The van der Waals surface area contributed by atoms with E-state index in [4.69, 9.17) is 0 Å². The van der Waals surface area contributed by atoms with Gasteiger partial charge in [-0.25, -0.2) is 9.97 Å². The zero-order valence-corrected chi connectivity index (χ0v) is 16.2. The molecule has 1 N–H and O–H groups in total. The molecule has 27 heavy (non-hydrogen) atoms. The van der Waals surface area contributed by atoms with Crippen LogP contribution in [0.4, 0.5) is 5.82 Å². The lowest BCUT2D eigenvalue weighted by Gasteiger charge is -2.33. The highest BCUT2D eigenvalue weighted by Crippen LogP contribution is 2.32. The monoisotopic (exact) mass is 381 g/mol. The van der Waals surface area contributed by atoms with E-state index in [2.05, 4.69) is 38.2 Å². The normalized spacial score (nSPS) is 17.2. The predicted octanol–water partition coefficient (Wildman–Crippen LogP) is 3.18. The number of hydrogen-bond donors (Lipinski definition) is 1. The minimum Gasteiger partial charge on any atom is -0.355 e. The fourth-order valence-corrected chi connectivity index (χ4v) is 4.46. The molecule has 1 atom stereocenters. The second-order valence-electron chi connectivity index (χ2n) is 6.81. The van der Waals surface area contributed by atoms with Crippen molar-refractivity contribution < 1.29 is 4.79 Å². The highest BCUT2D eigenvalue weighted by molar-refractivity contribution is 7.18. The van der Waals surface area contributed by atoms with Gasteiger partial charge in [0.2, 0.25) is 5.91 Å². The summed E-state index contributed by atoms with van der Waals surface area (Å²) < 4.78 is 0. The van der Waals surface area contributed by atoms with Gasteiger partial charge in [0.05, 0.1) is 23.5 Å². The Bertz CT molecular complexity index is 927. The number of hydrogen-bond acceptors (Lipinski definition) is 6. The number of nitrogens with one attached hydrogen (secondary N) is 1. The van der Waals surface area contributed by atoms with Crippen LogP contribution >= 0.6 is 11.3 Å². The molecule has 0 radical (unpaired) electrons. The number of nitrogens with zero attached hydrogens (tertiary/aromatic N) is 4. The first kappa shape index (κ1) is 17.9. The SMILES string of the molecule is CCc1cc2c(N3CCCC(C(=O)NCc4ccccn4)C3)ncnc2s1. The minimum absolute atomic E-state index is 0.0308. The van der Waals surface area contributed by atoms with Crippen LogP contribution in [0.3, 0.4) is 0 Å². The number of carbonyl (C=O) groups excluding carboxylic acids is 1. The maximum absolute atomic E-state index is 12.7. The Kier molecular flexibility index (Phi) is 5.29. The number of aromatic nitrogens is 3. The number of anilines is 1. The van der Waals surface area contributed by atoms with Gasteiger partial charge in [-0.1, -0.05) is 13.0 Å². The van der Waals surface area contributed by atoms with Crippen molar-refractivity contribution in [3.05, 3.63) is 47.4 Å². The first-order valence-electron chi connectivity index (χ1n) is 9.40. The summed E-state index contributed by atoms with van der Waals surface area (Å²) in [6.07, 6.45) is 6.27. The van der Waals surface area contributed by atoms with E-state index in [-0.39, 0.29) is 11.8 Å². The van der Waals surface area contributed by atoms with Gasteiger partial charge >= 0.3 is 0 Å². The molecule has 0 aliphatic carbocycles. The number of aryl methyl sites for hydroxylation is 1. The smallest absolute Gasteiger partial charge is 0.225 e. The molecule has 1 saturated heterocycles. The molecular weight excluding hydrogens is 358 g/mol. The number of thiophene rings is 1. The standard InChI is InChI=1S/C20H23N5OS/c1-2-16-10-17-18(23-13-24-20(17)27-16)25-9-5-6-14(12-25)19(26)22-11-15-7-3-4-8-21-15/h3-4,7-8,10,13-14H,2,5-6,9,11-12H2,1H3,(H,22,26). The Hall–Kier alpha value is -2.54. The summed E-state index contributed by atoms with van der Waals surface area (Å²) in [5.74, 6) is 1.02. The second kappa shape index (κ2) is 8.00. The summed E-state index contributed by atoms with van der Waals surface area (Å²) in [6, 6.07) is 7.93. The number of piperidine rings is 1. The van der Waals surface area contributed by atoms with E-state index in [9.17, 15) is 4.79 Å². The predicted molar refractivity (Wildman–Crippen MR) is 108 cm³/mol. The number of amides is 1. The molecule has 0 saturated carbocycles. The van der Waals surface area contributed by atoms with Gasteiger partial charge in [0.25, 0.3) is 0 Å². The maximum atomic E-state index is 12.7. The molecule has 1 fully saturated rings. The van der Waals surface area contributed by atoms with Crippen molar-refractivity contribution in [2.75, 3.05) is 18.0 Å². The van der Waals surface area contributed by atoms with Crippen LogP contribution in [0.15, 0.2) is 36.8 Å². The average Bonchev–Trinajstić information content (AvgIpc) is 3.16. The van der Waals surface area contributed by atoms with Gasteiger partial charge in [0, 0.05) is 24.2 Å². The Balaban J connectivity index is 1.46. The van der Waals surface area contributed by atoms with Crippen molar-refractivity contribution in [2.45, 2.75) is 32.7 Å². The van der Waals surface area contributed by atoms with Gasteiger partial charge < -0.3 is 10.2 Å². The van der Waals surface area contributed by atoms with Crippen LogP contribution in [0.25, 0.3) is 10.2 Å².